The molecule has 0 amide bonds. The van der Waals surface area contributed by atoms with E-state index in [0.29, 0.717) is 0 Å². The summed E-state index contributed by atoms with van der Waals surface area (Å²) in [4.78, 5) is 59.6. The van der Waals surface area contributed by atoms with Gasteiger partial charge >= 0.3 is 17.9 Å². The van der Waals surface area contributed by atoms with Crippen LogP contribution in [0.3, 0.4) is 0 Å². The minimum Gasteiger partial charge on any atom is -0.478 e. The van der Waals surface area contributed by atoms with E-state index < -0.39 is 32.7 Å². The Morgan fingerprint density at radius 3 is 0.730 bits per heavy atom. The number of carboxylic acids is 3. The van der Waals surface area contributed by atoms with Gasteiger partial charge in [-0.05, 0) is 36.4 Å². The smallest absolute Gasteiger partial charge is 0.335 e. The van der Waals surface area contributed by atoms with Gasteiger partial charge in [0.15, 0.2) is 0 Å². The summed E-state index contributed by atoms with van der Waals surface area (Å²) in [6.45, 7) is 0. The van der Waals surface area contributed by atoms with Crippen LogP contribution in [0.15, 0.2) is 72.8 Å². The Labute approximate surface area is 235 Å². The van der Waals surface area contributed by atoms with Gasteiger partial charge in [0.2, 0.25) is 0 Å². The van der Waals surface area contributed by atoms with Crippen LogP contribution in [0.25, 0.3) is 0 Å². The first-order chi connectivity index (χ1) is 16.8. The first kappa shape index (κ1) is 32.5. The summed E-state index contributed by atoms with van der Waals surface area (Å²) >= 11 is 0. The number of hydrogen-bond donors (Lipinski definition) is 3. The second-order valence-corrected chi connectivity index (χ2v) is 6.33. The van der Waals surface area contributed by atoms with Gasteiger partial charge in [-0.2, -0.15) is 0 Å². The number of nitro benzene ring substituents is 3. The molecule has 201 valence electrons. The molecule has 0 heterocycles. The number of hydrogen-bond acceptors (Lipinski definition) is 9. The average Bonchev–Trinajstić information content (AvgIpc) is 2.84. The van der Waals surface area contributed by atoms with Crippen molar-refractivity contribution < 1.29 is 81.3 Å². The van der Waals surface area contributed by atoms with E-state index in [2.05, 4.69) is 0 Å². The predicted molar refractivity (Wildman–Crippen MR) is 120 cm³/mol. The van der Waals surface area contributed by atoms with Gasteiger partial charge in [0.25, 0.3) is 17.1 Å². The number of aromatic carboxylic acids is 3. The van der Waals surface area contributed by atoms with E-state index in [1.807, 2.05) is 0 Å². The largest absolute Gasteiger partial charge is 0.478 e. The van der Waals surface area contributed by atoms with Crippen molar-refractivity contribution in [3.8, 4) is 0 Å². The Bertz CT molecular complexity index is 1020. The van der Waals surface area contributed by atoms with Crippen LogP contribution in [0.1, 0.15) is 31.1 Å². The molecule has 0 bridgehead atoms. The summed E-state index contributed by atoms with van der Waals surface area (Å²) in [5.41, 5.74) is -0.207. The molecule has 0 aliphatic carbocycles. The van der Waals surface area contributed by atoms with Crippen LogP contribution in [0.4, 0.5) is 17.1 Å². The van der Waals surface area contributed by atoms with Crippen LogP contribution in [0.2, 0.25) is 0 Å². The molecule has 0 aliphatic heterocycles. The molecule has 1 radical (unpaired) electrons. The Morgan fingerprint density at radius 2 is 0.622 bits per heavy atom. The quantitative estimate of drug-likeness (QED) is 0.249. The maximum absolute atomic E-state index is 10.3. The SMILES string of the molecule is O=C(O)c1ccc([N+](=O)[O-])cc1.O=C(O)c1ccc([N+](=O)[O-])cc1.O=C(O)c1ccc([N+](=O)[O-])cc1.[Lu]. The molecule has 16 heteroatoms. The molecule has 37 heavy (non-hydrogen) atoms. The van der Waals surface area contributed by atoms with Crippen molar-refractivity contribution in [2.75, 3.05) is 0 Å². The Balaban J connectivity index is 0.000000518. The van der Waals surface area contributed by atoms with Crippen molar-refractivity contribution in [1.82, 2.24) is 0 Å². The van der Waals surface area contributed by atoms with Crippen LogP contribution >= 0.6 is 0 Å². The molecule has 0 saturated carbocycles. The van der Waals surface area contributed by atoms with Crippen LogP contribution in [-0.2, 0) is 0 Å². The fraction of sp³-hybridized carbons (Fsp3) is 0. The summed E-state index contributed by atoms with van der Waals surface area (Å²) < 4.78 is 0. The van der Waals surface area contributed by atoms with Gasteiger partial charge in [0.1, 0.15) is 0 Å². The normalized spacial score (nSPS) is 9.08. The molecule has 3 aromatic rings. The molecule has 3 aromatic carbocycles. The van der Waals surface area contributed by atoms with Gasteiger partial charge in [-0.15, -0.1) is 0 Å². The van der Waals surface area contributed by atoms with E-state index in [1.54, 1.807) is 0 Å². The van der Waals surface area contributed by atoms with Gasteiger partial charge in [0, 0.05) is 73.3 Å². The van der Waals surface area contributed by atoms with Crippen molar-refractivity contribution in [2.24, 2.45) is 0 Å². The summed E-state index contributed by atoms with van der Waals surface area (Å²) in [6.07, 6.45) is 0. The van der Waals surface area contributed by atoms with Crippen LogP contribution in [0.5, 0.6) is 0 Å². The van der Waals surface area contributed by atoms with E-state index in [-0.39, 0.29) is 70.6 Å². The summed E-state index contributed by atoms with van der Waals surface area (Å²) in [6, 6.07) is 14.1. The third-order valence-corrected chi connectivity index (χ3v) is 3.98. The molecular weight excluding hydrogens is 661 g/mol. The third kappa shape index (κ3) is 11.2. The van der Waals surface area contributed by atoms with Gasteiger partial charge in [-0.25, -0.2) is 14.4 Å². The van der Waals surface area contributed by atoms with E-state index in [1.165, 1.54) is 36.4 Å². The molecule has 0 spiro atoms. The van der Waals surface area contributed by atoms with Crippen molar-refractivity contribution in [1.29, 1.82) is 0 Å². The van der Waals surface area contributed by atoms with E-state index in [9.17, 15) is 44.7 Å². The van der Waals surface area contributed by atoms with Crippen LogP contribution < -0.4 is 0 Å². The first-order valence-corrected chi connectivity index (χ1v) is 9.26. The Kier molecular flexibility index (Phi) is 13.6. The first-order valence-electron chi connectivity index (χ1n) is 9.26. The van der Waals surface area contributed by atoms with Crippen molar-refractivity contribution >= 4 is 35.0 Å². The number of benzene rings is 3. The molecule has 3 rings (SSSR count). The maximum atomic E-state index is 10.3. The Hall–Kier alpha value is -4.50. The molecule has 0 atom stereocenters. The number of rotatable bonds is 6. The number of non-ortho nitro benzene ring substituents is 3. The van der Waals surface area contributed by atoms with Crippen LogP contribution in [-0.4, -0.2) is 48.0 Å². The minimum absolute atomic E-state index is 0. The third-order valence-electron chi connectivity index (χ3n) is 3.98. The van der Waals surface area contributed by atoms with Gasteiger partial charge in [-0.3, -0.25) is 30.3 Å². The predicted octanol–water partition coefficient (Wildman–Crippen LogP) is 3.88. The molecule has 0 fully saturated rings. The van der Waals surface area contributed by atoms with E-state index >= 15 is 0 Å². The van der Waals surface area contributed by atoms with Crippen molar-refractivity contribution in [2.45, 2.75) is 0 Å². The average molecular weight is 676 g/mol. The molecule has 0 aliphatic rings. The van der Waals surface area contributed by atoms with Crippen LogP contribution in [0, 0.1) is 67.2 Å². The standard InChI is InChI=1S/3C7H5NO4.Lu/c3*9-7(10)5-1-3-6(4-2-5)8(11)12;/h3*1-4H,(H,9,10);. The maximum Gasteiger partial charge on any atom is 0.335 e. The van der Waals surface area contributed by atoms with Gasteiger partial charge in [-0.1, -0.05) is 0 Å². The summed E-state index contributed by atoms with van der Waals surface area (Å²) in [5, 5.41) is 55.8. The fourth-order valence-electron chi connectivity index (χ4n) is 2.18. The van der Waals surface area contributed by atoms with Gasteiger partial charge < -0.3 is 15.3 Å². The number of nitro groups is 3. The van der Waals surface area contributed by atoms with E-state index in [4.69, 9.17) is 15.3 Å². The summed E-state index contributed by atoms with van der Waals surface area (Å²) in [7, 11) is 0. The zero-order valence-corrected chi connectivity index (χ0v) is 19.7. The minimum atomic E-state index is -1.09. The van der Waals surface area contributed by atoms with E-state index in [0.717, 1.165) is 36.4 Å². The zero-order chi connectivity index (χ0) is 27.4. The fourth-order valence-corrected chi connectivity index (χ4v) is 2.18. The molecule has 3 N–H and O–H groups in total. The molecule has 0 saturated heterocycles. The molecular formula is C21H15LuN3O12. The van der Waals surface area contributed by atoms with Gasteiger partial charge in [0.05, 0.1) is 31.5 Å². The summed E-state index contributed by atoms with van der Waals surface area (Å²) in [5.74, 6) is -3.28. The zero-order valence-electron chi connectivity index (χ0n) is 18.0. The van der Waals surface area contributed by atoms with Crippen molar-refractivity contribution in [3.63, 3.8) is 0 Å². The molecule has 0 unspecified atom stereocenters. The monoisotopic (exact) mass is 676 g/mol. The topological polar surface area (TPSA) is 241 Å². The van der Waals surface area contributed by atoms with Crippen molar-refractivity contribution in [3.05, 3.63) is 120 Å². The second-order valence-electron chi connectivity index (χ2n) is 6.33. The second kappa shape index (κ2) is 15.5. The number of nitrogens with zero attached hydrogens (tertiary/aromatic N) is 3. The molecule has 0 aromatic heterocycles. The number of carbonyl (C=O) groups is 3. The molecule has 15 nitrogen and oxygen atoms in total. The Morgan fingerprint density at radius 1 is 0.459 bits per heavy atom. The number of carboxylic acid groups (broad SMARTS) is 3.